The standard InChI is InChI=1S/C11H17ClN2O/c1-8(7-15-3)14(2)10-6-4-5-9(12)11(10)13/h4-6,8H,7,13H2,1-3H3. The third-order valence-electron chi connectivity index (χ3n) is 2.48. The number of anilines is 2. The minimum Gasteiger partial charge on any atom is -0.396 e. The molecule has 0 radical (unpaired) electrons. The minimum absolute atomic E-state index is 0.260. The Balaban J connectivity index is 2.90. The number of rotatable bonds is 4. The summed E-state index contributed by atoms with van der Waals surface area (Å²) >= 11 is 5.96. The number of halogens is 1. The number of para-hydroxylation sites is 1. The average molecular weight is 229 g/mol. The van der Waals surface area contributed by atoms with Gasteiger partial charge in [-0.3, -0.25) is 0 Å². The van der Waals surface area contributed by atoms with Gasteiger partial charge in [-0.1, -0.05) is 17.7 Å². The van der Waals surface area contributed by atoms with Gasteiger partial charge in [0.15, 0.2) is 0 Å². The highest BCUT2D eigenvalue weighted by Gasteiger charge is 2.13. The number of nitrogen functional groups attached to an aromatic ring is 1. The molecule has 0 aliphatic heterocycles. The fourth-order valence-corrected chi connectivity index (χ4v) is 1.59. The maximum absolute atomic E-state index is 5.96. The first-order chi connectivity index (χ1) is 7.07. The fourth-order valence-electron chi connectivity index (χ4n) is 1.42. The SMILES string of the molecule is COCC(C)N(C)c1cccc(Cl)c1N. The Morgan fingerprint density at radius 1 is 1.53 bits per heavy atom. The van der Waals surface area contributed by atoms with Gasteiger partial charge in [0.2, 0.25) is 0 Å². The molecule has 0 heterocycles. The molecule has 84 valence electrons. The summed E-state index contributed by atoms with van der Waals surface area (Å²) in [6.45, 7) is 2.73. The normalized spacial score (nSPS) is 12.5. The Labute approximate surface area is 95.8 Å². The second kappa shape index (κ2) is 5.24. The van der Waals surface area contributed by atoms with Gasteiger partial charge < -0.3 is 15.4 Å². The third kappa shape index (κ3) is 2.76. The zero-order valence-electron chi connectivity index (χ0n) is 9.33. The lowest BCUT2D eigenvalue weighted by molar-refractivity contribution is 0.183. The second-order valence-electron chi connectivity index (χ2n) is 3.59. The van der Waals surface area contributed by atoms with Gasteiger partial charge in [-0.25, -0.2) is 0 Å². The molecule has 2 N–H and O–H groups in total. The zero-order valence-corrected chi connectivity index (χ0v) is 10.1. The van der Waals surface area contributed by atoms with E-state index >= 15 is 0 Å². The van der Waals surface area contributed by atoms with Crippen LogP contribution in [0.15, 0.2) is 18.2 Å². The van der Waals surface area contributed by atoms with Crippen molar-refractivity contribution in [3.63, 3.8) is 0 Å². The Morgan fingerprint density at radius 3 is 2.80 bits per heavy atom. The van der Waals surface area contributed by atoms with Crippen LogP contribution in [0.3, 0.4) is 0 Å². The van der Waals surface area contributed by atoms with E-state index in [0.717, 1.165) is 5.69 Å². The van der Waals surface area contributed by atoms with Crippen LogP contribution in [-0.4, -0.2) is 26.8 Å². The first-order valence-electron chi connectivity index (χ1n) is 4.83. The van der Waals surface area contributed by atoms with Crippen LogP contribution in [-0.2, 0) is 4.74 Å². The molecule has 1 unspecified atom stereocenters. The Kier molecular flexibility index (Phi) is 4.24. The maximum atomic E-state index is 5.96. The van der Waals surface area contributed by atoms with Crippen LogP contribution in [0.4, 0.5) is 11.4 Å². The Bertz CT molecular complexity index is 330. The molecule has 15 heavy (non-hydrogen) atoms. The van der Waals surface area contributed by atoms with Crippen LogP contribution in [0.5, 0.6) is 0 Å². The summed E-state index contributed by atoms with van der Waals surface area (Å²) in [7, 11) is 3.66. The molecule has 0 aliphatic rings. The predicted octanol–water partition coefficient (Wildman–Crippen LogP) is 2.39. The molecule has 1 aromatic rings. The van der Waals surface area contributed by atoms with Gasteiger partial charge in [-0.2, -0.15) is 0 Å². The average Bonchev–Trinajstić information content (AvgIpc) is 2.21. The number of methoxy groups -OCH3 is 1. The molecule has 4 heteroatoms. The van der Waals surface area contributed by atoms with Crippen molar-refractivity contribution in [1.29, 1.82) is 0 Å². The molecular weight excluding hydrogens is 212 g/mol. The van der Waals surface area contributed by atoms with E-state index in [1.54, 1.807) is 13.2 Å². The summed E-state index contributed by atoms with van der Waals surface area (Å²) in [6, 6.07) is 5.89. The highest BCUT2D eigenvalue weighted by atomic mass is 35.5. The maximum Gasteiger partial charge on any atom is 0.0741 e. The van der Waals surface area contributed by atoms with Crippen LogP contribution >= 0.6 is 11.6 Å². The van der Waals surface area contributed by atoms with E-state index in [1.807, 2.05) is 19.2 Å². The van der Waals surface area contributed by atoms with E-state index in [4.69, 9.17) is 22.1 Å². The van der Waals surface area contributed by atoms with Crippen molar-refractivity contribution in [2.24, 2.45) is 0 Å². The lowest BCUT2D eigenvalue weighted by Gasteiger charge is -2.27. The van der Waals surface area contributed by atoms with Gasteiger partial charge >= 0.3 is 0 Å². The second-order valence-corrected chi connectivity index (χ2v) is 4.00. The van der Waals surface area contributed by atoms with Gasteiger partial charge in [-0.15, -0.1) is 0 Å². The van der Waals surface area contributed by atoms with Crippen molar-refractivity contribution in [3.8, 4) is 0 Å². The van der Waals surface area contributed by atoms with Gasteiger partial charge in [-0.05, 0) is 19.1 Å². The molecule has 1 atom stereocenters. The van der Waals surface area contributed by atoms with Crippen LogP contribution in [0, 0.1) is 0 Å². The molecule has 0 bridgehead atoms. The number of hydrogen-bond donors (Lipinski definition) is 1. The number of likely N-dealkylation sites (N-methyl/N-ethyl adjacent to an activating group) is 1. The molecule has 1 aromatic carbocycles. The molecule has 3 nitrogen and oxygen atoms in total. The van der Waals surface area contributed by atoms with E-state index in [1.165, 1.54) is 0 Å². The first kappa shape index (κ1) is 12.1. The fraction of sp³-hybridized carbons (Fsp3) is 0.455. The van der Waals surface area contributed by atoms with Crippen molar-refractivity contribution < 1.29 is 4.74 Å². The summed E-state index contributed by atoms with van der Waals surface area (Å²) in [6.07, 6.45) is 0. The van der Waals surface area contributed by atoms with Crippen LogP contribution in [0.1, 0.15) is 6.92 Å². The summed E-state index contributed by atoms with van der Waals surface area (Å²) in [5.74, 6) is 0. The molecule has 1 rings (SSSR count). The van der Waals surface area contributed by atoms with E-state index < -0.39 is 0 Å². The number of ether oxygens (including phenoxy) is 1. The molecule has 0 fully saturated rings. The zero-order chi connectivity index (χ0) is 11.4. The van der Waals surface area contributed by atoms with Crippen molar-refractivity contribution in [1.82, 2.24) is 0 Å². The van der Waals surface area contributed by atoms with Gasteiger partial charge in [0.05, 0.1) is 23.0 Å². The molecule has 0 saturated carbocycles. The summed E-state index contributed by atoms with van der Waals surface area (Å²) in [4.78, 5) is 2.06. The summed E-state index contributed by atoms with van der Waals surface area (Å²) in [5.41, 5.74) is 7.46. The Morgan fingerprint density at radius 2 is 2.20 bits per heavy atom. The van der Waals surface area contributed by atoms with Crippen LogP contribution < -0.4 is 10.6 Å². The lowest BCUT2D eigenvalue weighted by atomic mass is 10.2. The summed E-state index contributed by atoms with van der Waals surface area (Å²) in [5, 5.41) is 0.587. The smallest absolute Gasteiger partial charge is 0.0741 e. The first-order valence-corrected chi connectivity index (χ1v) is 5.21. The molecule has 0 aliphatic carbocycles. The van der Waals surface area contributed by atoms with Crippen LogP contribution in [0.2, 0.25) is 5.02 Å². The molecule has 0 spiro atoms. The van der Waals surface area contributed by atoms with Crippen LogP contribution in [0.25, 0.3) is 0 Å². The highest BCUT2D eigenvalue weighted by Crippen LogP contribution is 2.30. The van der Waals surface area contributed by atoms with Crippen molar-refractivity contribution in [2.75, 3.05) is 31.4 Å². The molecular formula is C11H17ClN2O. The highest BCUT2D eigenvalue weighted by molar-refractivity contribution is 6.33. The molecule has 0 saturated heterocycles. The predicted molar refractivity (Wildman–Crippen MR) is 65.6 cm³/mol. The summed E-state index contributed by atoms with van der Waals surface area (Å²) < 4.78 is 5.10. The van der Waals surface area contributed by atoms with Crippen molar-refractivity contribution in [3.05, 3.63) is 23.2 Å². The topological polar surface area (TPSA) is 38.5 Å². The third-order valence-corrected chi connectivity index (χ3v) is 2.81. The van der Waals surface area contributed by atoms with Gasteiger partial charge in [0, 0.05) is 20.2 Å². The van der Waals surface area contributed by atoms with Crippen molar-refractivity contribution in [2.45, 2.75) is 13.0 Å². The van der Waals surface area contributed by atoms with E-state index in [9.17, 15) is 0 Å². The Hall–Kier alpha value is -0.930. The molecule has 0 aromatic heterocycles. The number of nitrogens with zero attached hydrogens (tertiary/aromatic N) is 1. The van der Waals surface area contributed by atoms with E-state index in [2.05, 4.69) is 11.8 Å². The van der Waals surface area contributed by atoms with Crippen molar-refractivity contribution >= 4 is 23.0 Å². The minimum atomic E-state index is 0.260. The largest absolute Gasteiger partial charge is 0.396 e. The number of hydrogen-bond acceptors (Lipinski definition) is 3. The number of nitrogens with two attached hydrogens (primary N) is 1. The molecule has 0 amide bonds. The van der Waals surface area contributed by atoms with Gasteiger partial charge in [0.25, 0.3) is 0 Å². The van der Waals surface area contributed by atoms with Gasteiger partial charge in [0.1, 0.15) is 0 Å². The van der Waals surface area contributed by atoms with E-state index in [0.29, 0.717) is 17.3 Å². The lowest BCUT2D eigenvalue weighted by Crippen LogP contribution is -2.33. The quantitative estimate of drug-likeness (QED) is 0.805. The van der Waals surface area contributed by atoms with E-state index in [-0.39, 0.29) is 6.04 Å². The number of benzene rings is 1. The monoisotopic (exact) mass is 228 g/mol.